The van der Waals surface area contributed by atoms with Gasteiger partial charge in [-0.3, -0.25) is 0 Å². The van der Waals surface area contributed by atoms with Gasteiger partial charge in [-0.25, -0.2) is 0 Å². The van der Waals surface area contributed by atoms with Crippen molar-refractivity contribution in [2.24, 2.45) is 11.1 Å². The maximum Gasteiger partial charge on any atom is 0.119 e. The number of hydrogen-bond acceptors (Lipinski definition) is 4. The number of likely N-dealkylation sites (tertiary alicyclic amines) is 1. The SMILES string of the molecule is COCc1cccc(OCC2(CN3CCC(N)CC3)CCC2)c1.Cl. The molecule has 136 valence electrons. The molecule has 0 atom stereocenters. The number of ether oxygens (including phenoxy) is 2. The fourth-order valence-electron chi connectivity index (χ4n) is 3.74. The average Bonchev–Trinajstić information content (AvgIpc) is 2.52. The summed E-state index contributed by atoms with van der Waals surface area (Å²) in [6.07, 6.45) is 6.17. The minimum atomic E-state index is 0. The van der Waals surface area contributed by atoms with E-state index < -0.39 is 0 Å². The van der Waals surface area contributed by atoms with Crippen LogP contribution in [0.4, 0.5) is 0 Å². The fourth-order valence-corrected chi connectivity index (χ4v) is 3.74. The molecule has 1 aliphatic heterocycles. The number of hydrogen-bond donors (Lipinski definition) is 1. The van der Waals surface area contributed by atoms with E-state index in [0.29, 0.717) is 18.1 Å². The van der Waals surface area contributed by atoms with Crippen LogP contribution in [-0.2, 0) is 11.3 Å². The van der Waals surface area contributed by atoms with E-state index in [1.54, 1.807) is 7.11 Å². The van der Waals surface area contributed by atoms with Gasteiger partial charge in [0.25, 0.3) is 0 Å². The van der Waals surface area contributed by atoms with Crippen molar-refractivity contribution in [1.82, 2.24) is 4.90 Å². The van der Waals surface area contributed by atoms with Gasteiger partial charge in [-0.15, -0.1) is 12.4 Å². The third kappa shape index (κ3) is 5.09. The molecule has 2 aliphatic rings. The van der Waals surface area contributed by atoms with Gasteiger partial charge in [0.1, 0.15) is 5.75 Å². The van der Waals surface area contributed by atoms with E-state index in [1.807, 2.05) is 12.1 Å². The van der Waals surface area contributed by atoms with Gasteiger partial charge in [0.2, 0.25) is 0 Å². The quantitative estimate of drug-likeness (QED) is 0.816. The molecule has 1 aromatic rings. The first kappa shape index (κ1) is 19.5. The topological polar surface area (TPSA) is 47.7 Å². The Balaban J connectivity index is 0.00000208. The van der Waals surface area contributed by atoms with Crippen LogP contribution in [0.3, 0.4) is 0 Å². The molecule has 0 bridgehead atoms. The van der Waals surface area contributed by atoms with Crippen molar-refractivity contribution >= 4 is 12.4 Å². The van der Waals surface area contributed by atoms with Crippen LogP contribution < -0.4 is 10.5 Å². The summed E-state index contributed by atoms with van der Waals surface area (Å²) in [5.41, 5.74) is 7.53. The summed E-state index contributed by atoms with van der Waals surface area (Å²) in [7, 11) is 1.72. The standard InChI is InChI=1S/C19H30N2O2.ClH/c1-22-13-16-4-2-5-18(12-16)23-15-19(8-3-9-19)14-21-10-6-17(20)7-11-21;/h2,4-5,12,17H,3,6-11,13-15,20H2,1H3;1H. The molecule has 0 spiro atoms. The van der Waals surface area contributed by atoms with Crippen LogP contribution in [0.2, 0.25) is 0 Å². The van der Waals surface area contributed by atoms with Crippen LogP contribution in [0.25, 0.3) is 0 Å². The number of nitrogens with two attached hydrogens (primary N) is 1. The van der Waals surface area contributed by atoms with Crippen molar-refractivity contribution < 1.29 is 9.47 Å². The average molecular weight is 355 g/mol. The molecule has 1 saturated heterocycles. The van der Waals surface area contributed by atoms with Crippen LogP contribution >= 0.6 is 12.4 Å². The van der Waals surface area contributed by atoms with E-state index in [1.165, 1.54) is 19.3 Å². The fraction of sp³-hybridized carbons (Fsp3) is 0.684. The Morgan fingerprint density at radius 1 is 1.25 bits per heavy atom. The first-order chi connectivity index (χ1) is 11.2. The van der Waals surface area contributed by atoms with E-state index in [9.17, 15) is 0 Å². The molecule has 1 heterocycles. The van der Waals surface area contributed by atoms with E-state index in [0.717, 1.165) is 50.4 Å². The van der Waals surface area contributed by atoms with E-state index in [2.05, 4.69) is 17.0 Å². The van der Waals surface area contributed by atoms with Gasteiger partial charge >= 0.3 is 0 Å². The van der Waals surface area contributed by atoms with E-state index in [-0.39, 0.29) is 12.4 Å². The summed E-state index contributed by atoms with van der Waals surface area (Å²) >= 11 is 0. The summed E-state index contributed by atoms with van der Waals surface area (Å²) in [6.45, 7) is 4.92. The zero-order chi connectivity index (χ0) is 16.1. The molecule has 1 aromatic carbocycles. The van der Waals surface area contributed by atoms with Crippen LogP contribution in [0.5, 0.6) is 5.75 Å². The number of nitrogens with zero attached hydrogens (tertiary/aromatic N) is 1. The highest BCUT2D eigenvalue weighted by atomic mass is 35.5. The minimum Gasteiger partial charge on any atom is -0.493 e. The molecule has 0 amide bonds. The van der Waals surface area contributed by atoms with Crippen LogP contribution in [0, 0.1) is 5.41 Å². The van der Waals surface area contributed by atoms with Crippen molar-refractivity contribution in [3.63, 3.8) is 0 Å². The third-order valence-electron chi connectivity index (χ3n) is 5.36. The Bertz CT molecular complexity index is 500. The molecule has 4 nitrogen and oxygen atoms in total. The first-order valence-electron chi connectivity index (χ1n) is 8.88. The molecule has 2 fully saturated rings. The number of piperidine rings is 1. The first-order valence-corrected chi connectivity index (χ1v) is 8.88. The number of methoxy groups -OCH3 is 1. The minimum absolute atomic E-state index is 0. The Morgan fingerprint density at radius 3 is 2.62 bits per heavy atom. The van der Waals surface area contributed by atoms with Gasteiger partial charge in [-0.05, 0) is 56.5 Å². The summed E-state index contributed by atoms with van der Waals surface area (Å²) in [4.78, 5) is 2.59. The lowest BCUT2D eigenvalue weighted by molar-refractivity contribution is 0.0109. The van der Waals surface area contributed by atoms with Crippen LogP contribution in [0.1, 0.15) is 37.7 Å². The summed E-state index contributed by atoms with van der Waals surface area (Å²) < 4.78 is 11.4. The second-order valence-corrected chi connectivity index (χ2v) is 7.34. The van der Waals surface area contributed by atoms with Gasteiger partial charge < -0.3 is 20.1 Å². The molecular weight excluding hydrogens is 324 g/mol. The predicted molar refractivity (Wildman–Crippen MR) is 99.8 cm³/mol. The summed E-state index contributed by atoms with van der Waals surface area (Å²) in [5, 5.41) is 0. The largest absolute Gasteiger partial charge is 0.493 e. The lowest BCUT2D eigenvalue weighted by Crippen LogP contribution is -2.49. The summed E-state index contributed by atoms with van der Waals surface area (Å²) in [6, 6.07) is 8.67. The second-order valence-electron chi connectivity index (χ2n) is 7.34. The monoisotopic (exact) mass is 354 g/mol. The van der Waals surface area contributed by atoms with Crippen molar-refractivity contribution in [2.75, 3.05) is 33.4 Å². The normalized spacial score (nSPS) is 20.9. The highest BCUT2D eigenvalue weighted by Crippen LogP contribution is 2.42. The maximum atomic E-state index is 6.16. The number of rotatable bonds is 7. The summed E-state index contributed by atoms with van der Waals surface area (Å²) in [5.74, 6) is 0.964. The van der Waals surface area contributed by atoms with Crippen LogP contribution in [0.15, 0.2) is 24.3 Å². The van der Waals surface area contributed by atoms with Crippen molar-refractivity contribution in [3.8, 4) is 5.75 Å². The zero-order valence-electron chi connectivity index (χ0n) is 14.7. The van der Waals surface area contributed by atoms with Gasteiger partial charge in [0, 0.05) is 25.1 Å². The van der Waals surface area contributed by atoms with E-state index in [4.69, 9.17) is 15.2 Å². The molecular formula is C19H31ClN2O2. The highest BCUT2D eigenvalue weighted by Gasteiger charge is 2.39. The third-order valence-corrected chi connectivity index (χ3v) is 5.36. The Morgan fingerprint density at radius 2 is 2.00 bits per heavy atom. The number of halogens is 1. The highest BCUT2D eigenvalue weighted by molar-refractivity contribution is 5.85. The van der Waals surface area contributed by atoms with Gasteiger partial charge in [0.15, 0.2) is 0 Å². The molecule has 0 aromatic heterocycles. The molecule has 24 heavy (non-hydrogen) atoms. The molecule has 1 saturated carbocycles. The Kier molecular flexibility index (Phi) is 7.35. The molecule has 5 heteroatoms. The maximum absolute atomic E-state index is 6.16. The van der Waals surface area contributed by atoms with Crippen molar-refractivity contribution in [3.05, 3.63) is 29.8 Å². The second kappa shape index (κ2) is 9.04. The van der Waals surface area contributed by atoms with Crippen molar-refractivity contribution in [1.29, 1.82) is 0 Å². The molecule has 2 N–H and O–H groups in total. The smallest absolute Gasteiger partial charge is 0.119 e. The molecule has 1 aliphatic carbocycles. The zero-order valence-corrected chi connectivity index (χ0v) is 15.5. The van der Waals surface area contributed by atoms with Gasteiger partial charge in [-0.1, -0.05) is 18.6 Å². The van der Waals surface area contributed by atoms with Gasteiger partial charge in [-0.2, -0.15) is 0 Å². The van der Waals surface area contributed by atoms with Gasteiger partial charge in [0.05, 0.1) is 13.2 Å². The molecule has 0 unspecified atom stereocenters. The Hall–Kier alpha value is -0.810. The molecule has 3 rings (SSSR count). The molecule has 0 radical (unpaired) electrons. The lowest BCUT2D eigenvalue weighted by Gasteiger charge is -2.46. The van der Waals surface area contributed by atoms with E-state index >= 15 is 0 Å². The lowest BCUT2D eigenvalue weighted by atomic mass is 9.69. The predicted octanol–water partition coefficient (Wildman–Crippen LogP) is 3.23. The van der Waals surface area contributed by atoms with Crippen molar-refractivity contribution in [2.45, 2.75) is 44.8 Å². The van der Waals surface area contributed by atoms with Crippen LogP contribution in [-0.4, -0.2) is 44.3 Å². The number of benzene rings is 1. The Labute approximate surface area is 152 Å².